The molecule has 2 unspecified atom stereocenters. The second-order valence-electron chi connectivity index (χ2n) is 4.33. The number of nitrogens with two attached hydrogens (primary N) is 1. The molecule has 0 heterocycles. The number of hydrogen-bond acceptors (Lipinski definition) is 2. The Balaban J connectivity index is 2.62. The number of rotatable bonds is 4. The van der Waals surface area contributed by atoms with Gasteiger partial charge in [0.15, 0.2) is 0 Å². The van der Waals surface area contributed by atoms with Crippen molar-refractivity contribution in [2.45, 2.75) is 39.3 Å². The molecule has 0 aromatic heterocycles. The number of benzene rings is 1. The average Bonchev–Trinajstić information content (AvgIpc) is 2.16. The van der Waals surface area contributed by atoms with E-state index in [2.05, 4.69) is 5.32 Å². The molecule has 16 heavy (non-hydrogen) atoms. The van der Waals surface area contributed by atoms with E-state index in [9.17, 15) is 4.79 Å². The minimum atomic E-state index is -0.0935. The Morgan fingerprint density at radius 3 is 2.56 bits per heavy atom. The fraction of sp³-hybridized carbons (Fsp3) is 0.462. The largest absolute Gasteiger partial charge is 0.350 e. The molecule has 1 aromatic carbocycles. The smallest absolute Gasteiger partial charge is 0.222 e. The topological polar surface area (TPSA) is 55.1 Å². The van der Waals surface area contributed by atoms with Crippen molar-refractivity contribution in [3.63, 3.8) is 0 Å². The summed E-state index contributed by atoms with van der Waals surface area (Å²) >= 11 is 0. The van der Waals surface area contributed by atoms with E-state index in [1.165, 1.54) is 5.56 Å². The third-order valence-corrected chi connectivity index (χ3v) is 2.54. The minimum absolute atomic E-state index is 0.00533. The van der Waals surface area contributed by atoms with E-state index in [0.717, 1.165) is 5.56 Å². The predicted molar refractivity (Wildman–Crippen MR) is 66.0 cm³/mol. The van der Waals surface area contributed by atoms with Gasteiger partial charge in [-0.1, -0.05) is 24.3 Å². The summed E-state index contributed by atoms with van der Waals surface area (Å²) in [6.45, 7) is 5.86. The van der Waals surface area contributed by atoms with Crippen LogP contribution in [-0.4, -0.2) is 11.9 Å². The van der Waals surface area contributed by atoms with Crippen LogP contribution in [0.1, 0.15) is 37.4 Å². The maximum atomic E-state index is 11.6. The van der Waals surface area contributed by atoms with E-state index in [1.54, 1.807) is 0 Å². The lowest BCUT2D eigenvalue weighted by atomic mass is 10.0. The molecule has 3 N–H and O–H groups in total. The van der Waals surface area contributed by atoms with Crippen molar-refractivity contribution in [3.05, 3.63) is 35.4 Å². The van der Waals surface area contributed by atoms with E-state index in [-0.39, 0.29) is 18.0 Å². The molecule has 0 saturated heterocycles. The maximum Gasteiger partial charge on any atom is 0.222 e. The molecule has 0 aliphatic carbocycles. The van der Waals surface area contributed by atoms with Crippen LogP contribution >= 0.6 is 0 Å². The van der Waals surface area contributed by atoms with Gasteiger partial charge in [-0.15, -0.1) is 0 Å². The summed E-state index contributed by atoms with van der Waals surface area (Å²) in [5.41, 5.74) is 7.92. The van der Waals surface area contributed by atoms with Gasteiger partial charge < -0.3 is 11.1 Å². The van der Waals surface area contributed by atoms with Gasteiger partial charge in [-0.2, -0.15) is 0 Å². The maximum absolute atomic E-state index is 11.6. The molecule has 0 spiro atoms. The Morgan fingerprint density at radius 1 is 1.38 bits per heavy atom. The van der Waals surface area contributed by atoms with Crippen LogP contribution in [0.2, 0.25) is 0 Å². The molecule has 1 amide bonds. The van der Waals surface area contributed by atoms with Crippen molar-refractivity contribution in [2.75, 3.05) is 0 Å². The van der Waals surface area contributed by atoms with Crippen LogP contribution in [0.3, 0.4) is 0 Å². The van der Waals surface area contributed by atoms with E-state index in [4.69, 9.17) is 5.73 Å². The molecule has 2 atom stereocenters. The summed E-state index contributed by atoms with van der Waals surface area (Å²) in [4.78, 5) is 11.6. The first-order valence-electron chi connectivity index (χ1n) is 5.61. The number of carbonyl (C=O) groups is 1. The van der Waals surface area contributed by atoms with Gasteiger partial charge in [0.25, 0.3) is 0 Å². The van der Waals surface area contributed by atoms with E-state index in [0.29, 0.717) is 6.42 Å². The summed E-state index contributed by atoms with van der Waals surface area (Å²) in [6.07, 6.45) is 0.371. The normalized spacial score (nSPS) is 14.2. The molecule has 88 valence electrons. The summed E-state index contributed by atoms with van der Waals surface area (Å²) in [5.74, 6) is 0.00533. The van der Waals surface area contributed by atoms with Crippen molar-refractivity contribution < 1.29 is 4.79 Å². The molecule has 0 aliphatic rings. The van der Waals surface area contributed by atoms with Gasteiger partial charge in [0.05, 0.1) is 6.04 Å². The predicted octanol–water partition coefficient (Wildman–Crippen LogP) is 1.91. The van der Waals surface area contributed by atoms with Crippen molar-refractivity contribution in [2.24, 2.45) is 5.73 Å². The average molecular weight is 220 g/mol. The van der Waals surface area contributed by atoms with Gasteiger partial charge in [0.2, 0.25) is 5.91 Å². The number of hydrogen-bond donors (Lipinski definition) is 2. The number of aryl methyl sites for hydroxylation is 1. The van der Waals surface area contributed by atoms with Gasteiger partial charge >= 0.3 is 0 Å². The standard InChI is InChI=1S/C13H20N2O/c1-9-6-4-5-7-12(9)11(3)15-13(16)8-10(2)14/h4-7,10-11H,8,14H2,1-3H3,(H,15,16). The molecule has 3 heteroatoms. The van der Waals surface area contributed by atoms with Crippen LogP contribution in [0.25, 0.3) is 0 Å². The summed E-state index contributed by atoms with van der Waals surface area (Å²) in [5, 5.41) is 2.95. The van der Waals surface area contributed by atoms with E-state index in [1.807, 2.05) is 45.0 Å². The van der Waals surface area contributed by atoms with Crippen molar-refractivity contribution in [1.82, 2.24) is 5.32 Å². The van der Waals surface area contributed by atoms with Crippen molar-refractivity contribution in [1.29, 1.82) is 0 Å². The van der Waals surface area contributed by atoms with Crippen LogP contribution in [0.4, 0.5) is 0 Å². The lowest BCUT2D eigenvalue weighted by Gasteiger charge is -2.17. The highest BCUT2D eigenvalue weighted by atomic mass is 16.1. The molecule has 3 nitrogen and oxygen atoms in total. The Labute approximate surface area is 97.0 Å². The molecule has 0 bridgehead atoms. The highest BCUT2D eigenvalue weighted by Crippen LogP contribution is 2.16. The first kappa shape index (κ1) is 12.7. The lowest BCUT2D eigenvalue weighted by Crippen LogP contribution is -2.31. The quantitative estimate of drug-likeness (QED) is 0.814. The molecule has 0 radical (unpaired) electrons. The molecule has 0 aliphatic heterocycles. The van der Waals surface area contributed by atoms with Gasteiger partial charge in [0.1, 0.15) is 0 Å². The Bertz CT molecular complexity index is 361. The molecule has 1 rings (SSSR count). The second-order valence-corrected chi connectivity index (χ2v) is 4.33. The Kier molecular flexibility index (Phi) is 4.50. The Morgan fingerprint density at radius 2 is 2.00 bits per heavy atom. The van der Waals surface area contributed by atoms with E-state index >= 15 is 0 Å². The number of carbonyl (C=O) groups excluding carboxylic acids is 1. The number of nitrogens with one attached hydrogen (secondary N) is 1. The third kappa shape index (κ3) is 3.66. The highest BCUT2D eigenvalue weighted by Gasteiger charge is 2.11. The fourth-order valence-electron chi connectivity index (χ4n) is 1.74. The third-order valence-electron chi connectivity index (χ3n) is 2.54. The van der Waals surface area contributed by atoms with Crippen molar-refractivity contribution >= 4 is 5.91 Å². The zero-order valence-corrected chi connectivity index (χ0v) is 10.2. The van der Waals surface area contributed by atoms with Crippen LogP contribution in [-0.2, 0) is 4.79 Å². The van der Waals surface area contributed by atoms with Crippen LogP contribution in [0.5, 0.6) is 0 Å². The zero-order valence-electron chi connectivity index (χ0n) is 10.2. The second kappa shape index (κ2) is 5.66. The molecule has 0 fully saturated rings. The molecular weight excluding hydrogens is 200 g/mol. The van der Waals surface area contributed by atoms with Gasteiger partial charge in [0, 0.05) is 12.5 Å². The van der Waals surface area contributed by atoms with Crippen molar-refractivity contribution in [3.8, 4) is 0 Å². The summed E-state index contributed by atoms with van der Waals surface area (Å²) in [7, 11) is 0. The minimum Gasteiger partial charge on any atom is -0.350 e. The Hall–Kier alpha value is -1.35. The first-order chi connectivity index (χ1) is 7.50. The highest BCUT2D eigenvalue weighted by molar-refractivity contribution is 5.77. The zero-order chi connectivity index (χ0) is 12.1. The van der Waals surface area contributed by atoms with Crippen LogP contribution in [0.15, 0.2) is 24.3 Å². The van der Waals surface area contributed by atoms with Gasteiger partial charge in [-0.05, 0) is 31.9 Å². The van der Waals surface area contributed by atoms with Crippen LogP contribution < -0.4 is 11.1 Å². The molecule has 1 aromatic rings. The molecular formula is C13H20N2O. The first-order valence-corrected chi connectivity index (χ1v) is 5.61. The fourth-order valence-corrected chi connectivity index (χ4v) is 1.74. The lowest BCUT2D eigenvalue weighted by molar-refractivity contribution is -0.122. The number of amides is 1. The van der Waals surface area contributed by atoms with Crippen LogP contribution in [0, 0.1) is 6.92 Å². The van der Waals surface area contributed by atoms with Gasteiger partial charge in [-0.3, -0.25) is 4.79 Å². The summed E-state index contributed by atoms with van der Waals surface area (Å²) in [6, 6.07) is 8.00. The van der Waals surface area contributed by atoms with Gasteiger partial charge in [-0.25, -0.2) is 0 Å². The molecule has 0 saturated carbocycles. The van der Waals surface area contributed by atoms with E-state index < -0.39 is 0 Å². The SMILES string of the molecule is Cc1ccccc1C(C)NC(=O)CC(C)N. The monoisotopic (exact) mass is 220 g/mol. The summed E-state index contributed by atoms with van der Waals surface area (Å²) < 4.78 is 0.